The van der Waals surface area contributed by atoms with Gasteiger partial charge in [0.2, 0.25) is 5.91 Å². The second kappa shape index (κ2) is 7.63. The minimum Gasteiger partial charge on any atom is -0.328 e. The molecular weight excluding hydrogens is 330 g/mol. The van der Waals surface area contributed by atoms with Gasteiger partial charge in [0.1, 0.15) is 0 Å². The summed E-state index contributed by atoms with van der Waals surface area (Å²) in [4.78, 5) is 15.1. The molecule has 0 saturated heterocycles. The van der Waals surface area contributed by atoms with E-state index in [4.69, 9.17) is 0 Å². The van der Waals surface area contributed by atoms with E-state index in [0.717, 1.165) is 24.1 Å². The molecule has 1 amide bonds. The fourth-order valence-electron chi connectivity index (χ4n) is 3.74. The normalized spacial score (nSPS) is 16.3. The molecular formula is C25H23NO. The van der Waals surface area contributed by atoms with E-state index in [0.29, 0.717) is 0 Å². The molecule has 2 heteroatoms. The van der Waals surface area contributed by atoms with E-state index in [1.807, 2.05) is 41.3 Å². The van der Waals surface area contributed by atoms with Crippen molar-refractivity contribution >= 4 is 12.0 Å². The largest absolute Gasteiger partial charge is 0.328 e. The first-order chi connectivity index (χ1) is 13.2. The number of amides is 1. The molecule has 0 unspecified atom stereocenters. The van der Waals surface area contributed by atoms with Crippen LogP contribution in [0, 0.1) is 6.92 Å². The molecule has 0 saturated carbocycles. The smallest absolute Gasteiger partial charge is 0.247 e. The lowest BCUT2D eigenvalue weighted by Crippen LogP contribution is -2.39. The van der Waals surface area contributed by atoms with Crippen LogP contribution in [0.3, 0.4) is 0 Å². The molecule has 3 aromatic rings. The molecule has 2 nitrogen and oxygen atoms in total. The fourth-order valence-corrected chi connectivity index (χ4v) is 3.74. The lowest BCUT2D eigenvalue weighted by Gasteiger charge is -2.37. The molecule has 0 N–H and O–H groups in total. The predicted molar refractivity (Wildman–Crippen MR) is 110 cm³/mol. The van der Waals surface area contributed by atoms with Gasteiger partial charge in [0, 0.05) is 12.6 Å². The van der Waals surface area contributed by atoms with Crippen molar-refractivity contribution in [3.05, 3.63) is 113 Å². The van der Waals surface area contributed by atoms with Crippen molar-refractivity contribution < 1.29 is 4.79 Å². The second-order valence-corrected chi connectivity index (χ2v) is 7.04. The number of aryl methyl sites for hydroxylation is 1. The first kappa shape index (κ1) is 17.3. The molecule has 0 aromatic heterocycles. The summed E-state index contributed by atoms with van der Waals surface area (Å²) in [5, 5.41) is 0. The Balaban J connectivity index is 1.69. The van der Waals surface area contributed by atoms with Gasteiger partial charge in [0.25, 0.3) is 0 Å². The second-order valence-electron chi connectivity index (χ2n) is 7.04. The molecule has 0 fully saturated rings. The summed E-state index contributed by atoms with van der Waals surface area (Å²) in [6, 6.07) is 26.9. The zero-order chi connectivity index (χ0) is 18.6. The van der Waals surface area contributed by atoms with Gasteiger partial charge >= 0.3 is 0 Å². The minimum absolute atomic E-state index is 0.0385. The third-order valence-electron chi connectivity index (χ3n) is 5.18. The Kier molecular flexibility index (Phi) is 4.88. The van der Waals surface area contributed by atoms with E-state index in [1.54, 1.807) is 6.08 Å². The van der Waals surface area contributed by atoms with Crippen LogP contribution in [0.2, 0.25) is 0 Å². The SMILES string of the molecule is Cc1ccc([C@@H]2c3ccccc3CCN2C(=O)/C=C/c2ccccc2)cc1. The van der Waals surface area contributed by atoms with Crippen LogP contribution >= 0.6 is 0 Å². The molecule has 3 aromatic carbocycles. The van der Waals surface area contributed by atoms with Crippen LogP contribution in [0.15, 0.2) is 84.9 Å². The molecule has 1 aliphatic rings. The Hall–Kier alpha value is -3.13. The van der Waals surface area contributed by atoms with Crippen LogP contribution in [0.25, 0.3) is 6.08 Å². The summed E-state index contributed by atoms with van der Waals surface area (Å²) >= 11 is 0. The maximum atomic E-state index is 13.1. The van der Waals surface area contributed by atoms with Crippen molar-refractivity contribution in [3.8, 4) is 0 Å². The number of fused-ring (bicyclic) bond motifs is 1. The van der Waals surface area contributed by atoms with Crippen molar-refractivity contribution in [1.29, 1.82) is 0 Å². The number of rotatable bonds is 3. The molecule has 4 rings (SSSR count). The van der Waals surface area contributed by atoms with Crippen LogP contribution in [0.1, 0.15) is 33.9 Å². The van der Waals surface area contributed by atoms with E-state index in [1.165, 1.54) is 16.7 Å². The van der Waals surface area contributed by atoms with Gasteiger partial charge in [-0.2, -0.15) is 0 Å². The number of benzene rings is 3. The van der Waals surface area contributed by atoms with Gasteiger partial charge in [-0.3, -0.25) is 4.79 Å². The maximum absolute atomic E-state index is 13.1. The Labute approximate surface area is 160 Å². The molecule has 1 atom stereocenters. The first-order valence-corrected chi connectivity index (χ1v) is 9.40. The van der Waals surface area contributed by atoms with Crippen LogP contribution in [0.4, 0.5) is 0 Å². The Bertz CT molecular complexity index is 957. The van der Waals surface area contributed by atoms with Gasteiger partial charge in [-0.25, -0.2) is 0 Å². The summed E-state index contributed by atoms with van der Waals surface area (Å²) in [5.41, 5.74) is 5.99. The van der Waals surface area contributed by atoms with Crippen LogP contribution in [-0.4, -0.2) is 17.4 Å². The highest BCUT2D eigenvalue weighted by atomic mass is 16.2. The topological polar surface area (TPSA) is 20.3 Å². The van der Waals surface area contributed by atoms with E-state index in [-0.39, 0.29) is 11.9 Å². The Morgan fingerprint density at radius 2 is 1.63 bits per heavy atom. The standard InChI is InChI=1S/C25H23NO/c1-19-11-14-22(15-12-19)25-23-10-6-5-9-21(23)17-18-26(25)24(27)16-13-20-7-3-2-4-8-20/h2-16,25H,17-18H2,1H3/b16-13+/t25-/m1/s1. The molecule has 1 aliphatic heterocycles. The van der Waals surface area contributed by atoms with Crippen LogP contribution in [-0.2, 0) is 11.2 Å². The molecule has 0 aliphatic carbocycles. The zero-order valence-electron chi connectivity index (χ0n) is 15.5. The highest BCUT2D eigenvalue weighted by molar-refractivity contribution is 5.92. The van der Waals surface area contributed by atoms with E-state index in [2.05, 4.69) is 55.5 Å². The summed E-state index contributed by atoms with van der Waals surface area (Å²) < 4.78 is 0. The maximum Gasteiger partial charge on any atom is 0.247 e. The van der Waals surface area contributed by atoms with E-state index in [9.17, 15) is 4.79 Å². The third kappa shape index (κ3) is 3.70. The van der Waals surface area contributed by atoms with Gasteiger partial charge in [-0.15, -0.1) is 0 Å². The number of carbonyl (C=O) groups excluding carboxylic acids is 1. The predicted octanol–water partition coefficient (Wildman–Crippen LogP) is 5.18. The van der Waals surface area contributed by atoms with Gasteiger partial charge in [-0.1, -0.05) is 84.4 Å². The van der Waals surface area contributed by atoms with Gasteiger partial charge < -0.3 is 4.90 Å². The van der Waals surface area contributed by atoms with Crippen molar-refractivity contribution in [1.82, 2.24) is 4.90 Å². The summed E-state index contributed by atoms with van der Waals surface area (Å²) in [6.45, 7) is 2.82. The summed E-state index contributed by atoms with van der Waals surface area (Å²) in [7, 11) is 0. The van der Waals surface area contributed by atoms with Crippen molar-refractivity contribution in [3.63, 3.8) is 0 Å². The highest BCUT2D eigenvalue weighted by Crippen LogP contribution is 2.35. The van der Waals surface area contributed by atoms with Crippen molar-refractivity contribution in [2.24, 2.45) is 0 Å². The van der Waals surface area contributed by atoms with E-state index >= 15 is 0 Å². The zero-order valence-corrected chi connectivity index (χ0v) is 15.5. The van der Waals surface area contributed by atoms with Gasteiger partial charge in [0.15, 0.2) is 0 Å². The molecule has 134 valence electrons. The summed E-state index contributed by atoms with van der Waals surface area (Å²) in [5.74, 6) is 0.0546. The fraction of sp³-hybridized carbons (Fsp3) is 0.160. The molecule has 0 bridgehead atoms. The Morgan fingerprint density at radius 1 is 0.926 bits per heavy atom. The minimum atomic E-state index is -0.0385. The number of nitrogens with zero attached hydrogens (tertiary/aromatic N) is 1. The average Bonchev–Trinajstić information content (AvgIpc) is 2.72. The first-order valence-electron chi connectivity index (χ1n) is 9.40. The van der Waals surface area contributed by atoms with Crippen molar-refractivity contribution in [2.75, 3.05) is 6.54 Å². The lowest BCUT2D eigenvalue weighted by atomic mass is 9.88. The van der Waals surface area contributed by atoms with Crippen molar-refractivity contribution in [2.45, 2.75) is 19.4 Å². The third-order valence-corrected chi connectivity index (χ3v) is 5.18. The summed E-state index contributed by atoms with van der Waals surface area (Å²) in [6.07, 6.45) is 4.49. The number of hydrogen-bond acceptors (Lipinski definition) is 1. The highest BCUT2D eigenvalue weighted by Gasteiger charge is 2.30. The molecule has 1 heterocycles. The molecule has 27 heavy (non-hydrogen) atoms. The average molecular weight is 353 g/mol. The molecule has 0 radical (unpaired) electrons. The van der Waals surface area contributed by atoms with Crippen LogP contribution < -0.4 is 0 Å². The lowest BCUT2D eigenvalue weighted by molar-refractivity contribution is -0.127. The Morgan fingerprint density at radius 3 is 2.41 bits per heavy atom. The van der Waals surface area contributed by atoms with E-state index < -0.39 is 0 Å². The number of hydrogen-bond donors (Lipinski definition) is 0. The monoisotopic (exact) mass is 353 g/mol. The van der Waals surface area contributed by atoms with Gasteiger partial charge in [-0.05, 0) is 41.7 Å². The number of carbonyl (C=O) groups is 1. The molecule has 0 spiro atoms. The quantitative estimate of drug-likeness (QED) is 0.594. The van der Waals surface area contributed by atoms with Gasteiger partial charge in [0.05, 0.1) is 6.04 Å². The van der Waals surface area contributed by atoms with Crippen LogP contribution in [0.5, 0.6) is 0 Å².